The third-order valence-electron chi connectivity index (χ3n) is 4.63. The van der Waals surface area contributed by atoms with Crippen molar-refractivity contribution in [3.8, 4) is 0 Å². The van der Waals surface area contributed by atoms with E-state index in [1.54, 1.807) is 0 Å². The number of phosphoric acid groups is 3. The average Bonchev–Trinajstić information content (AvgIpc) is 3.19. The molecule has 2 heterocycles. The Kier molecular flexibility index (Phi) is 11.1. The summed E-state index contributed by atoms with van der Waals surface area (Å²) in [5, 5.41) is 10.4. The fourth-order valence-electron chi connectivity index (χ4n) is 2.82. The highest BCUT2D eigenvalue weighted by atomic mass is 32.1. The zero-order valence-corrected chi connectivity index (χ0v) is 22.7. The molecule has 0 amide bonds. The van der Waals surface area contributed by atoms with Crippen molar-refractivity contribution in [3.05, 3.63) is 32.6 Å². The van der Waals surface area contributed by atoms with Crippen LogP contribution in [0.1, 0.15) is 18.2 Å². The van der Waals surface area contributed by atoms with Crippen molar-refractivity contribution >= 4 is 36.1 Å². The van der Waals surface area contributed by atoms with Gasteiger partial charge in [-0.05, 0) is 12.2 Å². The van der Waals surface area contributed by atoms with Crippen LogP contribution in [-0.2, 0) is 56.1 Å². The standard InChI is InChI=1S/C15H27N2O14P3S/c1-24-32(21,25-2)30-34(23,27-4)31-33(22,26-3)28-9-12-11(18)7-13(29-12)17-8-10(5-6-35)14(19)16-15(17)20/h8,11-13,18,35H,5-7,9H2,1-4H3,(H,16,19,20)/t11?,12-,13-,33?,34?/m1/s1. The molecule has 0 bridgehead atoms. The zero-order chi connectivity index (χ0) is 26.4. The molecule has 0 saturated carbocycles. The first-order valence-electron chi connectivity index (χ1n) is 9.76. The molecule has 0 spiro atoms. The minimum Gasteiger partial charge on any atom is -0.390 e. The lowest BCUT2D eigenvalue weighted by Crippen LogP contribution is -2.34. The normalized spacial score (nSPS) is 24.2. The first-order valence-corrected chi connectivity index (χ1v) is 14.8. The lowest BCUT2D eigenvalue weighted by molar-refractivity contribution is -0.0458. The molecule has 1 aliphatic heterocycles. The number of nitrogens with zero attached hydrogens (tertiary/aromatic N) is 1. The Morgan fingerprint density at radius 3 is 2.17 bits per heavy atom. The van der Waals surface area contributed by atoms with E-state index in [1.807, 2.05) is 0 Å². The van der Waals surface area contributed by atoms with E-state index < -0.39 is 59.8 Å². The van der Waals surface area contributed by atoms with Gasteiger partial charge in [0.25, 0.3) is 5.56 Å². The number of ether oxygens (including phenoxy) is 1. The summed E-state index contributed by atoms with van der Waals surface area (Å²) in [5.41, 5.74) is -1.04. The molecule has 20 heteroatoms. The number of aliphatic hydroxyl groups is 1. The summed E-state index contributed by atoms with van der Waals surface area (Å²) in [5.74, 6) is 0.359. The minimum atomic E-state index is -4.87. The molecule has 1 aromatic heterocycles. The van der Waals surface area contributed by atoms with Gasteiger partial charge in [0.2, 0.25) is 0 Å². The van der Waals surface area contributed by atoms with Crippen LogP contribution in [0.4, 0.5) is 0 Å². The van der Waals surface area contributed by atoms with Gasteiger partial charge in [-0.2, -0.15) is 21.3 Å². The van der Waals surface area contributed by atoms with E-state index in [-0.39, 0.29) is 18.4 Å². The predicted octanol–water partition coefficient (Wildman–Crippen LogP) is 1.62. The molecule has 202 valence electrons. The Morgan fingerprint density at radius 1 is 1.06 bits per heavy atom. The first-order chi connectivity index (χ1) is 16.4. The molecule has 1 aromatic rings. The molecule has 0 radical (unpaired) electrons. The largest absolute Gasteiger partial charge is 0.492 e. The maximum atomic E-state index is 12.8. The number of phosphoric ester groups is 2. The number of hydrogen-bond donors (Lipinski definition) is 3. The summed E-state index contributed by atoms with van der Waals surface area (Å²) in [7, 11) is -10.4. The zero-order valence-electron chi connectivity index (χ0n) is 19.1. The van der Waals surface area contributed by atoms with Crippen molar-refractivity contribution in [1.82, 2.24) is 9.55 Å². The quantitative estimate of drug-likeness (QED) is 0.210. The molecule has 0 aliphatic carbocycles. The van der Waals surface area contributed by atoms with Gasteiger partial charge in [-0.1, -0.05) is 0 Å². The van der Waals surface area contributed by atoms with Crippen LogP contribution in [0.5, 0.6) is 0 Å². The lowest BCUT2D eigenvalue weighted by Gasteiger charge is -2.24. The number of H-pyrrole nitrogens is 1. The highest BCUT2D eigenvalue weighted by molar-refractivity contribution is 7.80. The summed E-state index contributed by atoms with van der Waals surface area (Å²) in [6.45, 7) is -0.625. The fraction of sp³-hybridized carbons (Fsp3) is 0.733. The first kappa shape index (κ1) is 30.6. The summed E-state index contributed by atoms with van der Waals surface area (Å²) >= 11 is 4.07. The minimum absolute atomic E-state index is 0.0804. The van der Waals surface area contributed by atoms with Crippen LogP contribution in [0.25, 0.3) is 0 Å². The average molecular weight is 584 g/mol. The van der Waals surface area contributed by atoms with E-state index in [0.29, 0.717) is 5.75 Å². The van der Waals surface area contributed by atoms with Crippen LogP contribution in [0.3, 0.4) is 0 Å². The number of nitrogens with one attached hydrogen (secondary N) is 1. The molecule has 1 saturated heterocycles. The van der Waals surface area contributed by atoms with Gasteiger partial charge in [-0.15, -0.1) is 0 Å². The van der Waals surface area contributed by atoms with Crippen molar-refractivity contribution in [2.45, 2.75) is 31.3 Å². The molecule has 2 rings (SSSR count). The third kappa shape index (κ3) is 7.92. The van der Waals surface area contributed by atoms with Crippen molar-refractivity contribution < 1.29 is 54.8 Å². The number of thiol groups is 1. The second kappa shape index (κ2) is 12.7. The molecule has 5 atom stereocenters. The molecular weight excluding hydrogens is 557 g/mol. The van der Waals surface area contributed by atoms with Gasteiger partial charge in [0.1, 0.15) is 12.3 Å². The van der Waals surface area contributed by atoms with Crippen molar-refractivity contribution in [3.63, 3.8) is 0 Å². The number of rotatable bonds is 14. The third-order valence-corrected chi connectivity index (χ3v) is 10.3. The van der Waals surface area contributed by atoms with E-state index in [0.717, 1.165) is 33.0 Å². The number of aryl methyl sites for hydroxylation is 1. The molecule has 0 aromatic carbocycles. The van der Waals surface area contributed by atoms with Crippen LogP contribution in [0.2, 0.25) is 0 Å². The van der Waals surface area contributed by atoms with E-state index >= 15 is 0 Å². The lowest BCUT2D eigenvalue weighted by atomic mass is 10.2. The number of hydrogen-bond acceptors (Lipinski definition) is 15. The summed E-state index contributed by atoms with van der Waals surface area (Å²) in [6.07, 6.45) is -1.83. The van der Waals surface area contributed by atoms with E-state index in [2.05, 4.69) is 40.0 Å². The van der Waals surface area contributed by atoms with Crippen LogP contribution < -0.4 is 11.2 Å². The van der Waals surface area contributed by atoms with Gasteiger partial charge in [0, 0.05) is 46.6 Å². The summed E-state index contributed by atoms with van der Waals surface area (Å²) in [6, 6.07) is 0. The maximum Gasteiger partial charge on any atom is 0.492 e. The number of aliphatic hydroxyl groups excluding tert-OH is 1. The highest BCUT2D eigenvalue weighted by Gasteiger charge is 2.46. The molecular formula is C15H27N2O14P3S. The molecule has 1 aliphatic rings. The van der Waals surface area contributed by atoms with Gasteiger partial charge in [0.05, 0.1) is 12.7 Å². The van der Waals surface area contributed by atoms with Gasteiger partial charge in [-0.25, -0.2) is 18.5 Å². The highest BCUT2D eigenvalue weighted by Crippen LogP contribution is 2.72. The molecule has 16 nitrogen and oxygen atoms in total. The second-order valence-corrected chi connectivity index (χ2v) is 12.9. The van der Waals surface area contributed by atoms with Gasteiger partial charge < -0.3 is 9.84 Å². The van der Waals surface area contributed by atoms with Crippen LogP contribution >= 0.6 is 36.1 Å². The monoisotopic (exact) mass is 584 g/mol. The van der Waals surface area contributed by atoms with E-state index in [1.165, 1.54) is 6.20 Å². The van der Waals surface area contributed by atoms with E-state index in [9.17, 15) is 28.4 Å². The molecule has 35 heavy (non-hydrogen) atoms. The Hall–Kier alpha value is -0.640. The molecule has 2 N–H and O–H groups in total. The van der Waals surface area contributed by atoms with Crippen LogP contribution in [0, 0.1) is 0 Å². The Balaban J connectivity index is 2.13. The molecule has 3 unspecified atom stereocenters. The van der Waals surface area contributed by atoms with Crippen LogP contribution in [0.15, 0.2) is 15.8 Å². The fourth-order valence-corrected chi connectivity index (χ4v) is 7.51. The van der Waals surface area contributed by atoms with E-state index in [4.69, 9.17) is 13.6 Å². The van der Waals surface area contributed by atoms with Crippen molar-refractivity contribution in [1.29, 1.82) is 0 Å². The second-order valence-electron chi connectivity index (χ2n) is 6.76. The maximum absolute atomic E-state index is 12.8. The van der Waals surface area contributed by atoms with Crippen molar-refractivity contribution in [2.75, 3.05) is 40.8 Å². The summed E-state index contributed by atoms with van der Waals surface area (Å²) < 4.78 is 77.0. The predicted molar refractivity (Wildman–Crippen MR) is 122 cm³/mol. The Bertz CT molecular complexity index is 1120. The van der Waals surface area contributed by atoms with Gasteiger partial charge in [-0.3, -0.25) is 37.0 Å². The smallest absolute Gasteiger partial charge is 0.390 e. The Morgan fingerprint density at radius 2 is 1.63 bits per heavy atom. The number of aromatic amines is 1. The number of aromatic nitrogens is 2. The van der Waals surface area contributed by atoms with Crippen molar-refractivity contribution in [2.24, 2.45) is 0 Å². The van der Waals surface area contributed by atoms with Crippen LogP contribution in [-0.4, -0.2) is 67.7 Å². The van der Waals surface area contributed by atoms with Gasteiger partial charge in [0.15, 0.2) is 0 Å². The summed E-state index contributed by atoms with van der Waals surface area (Å²) in [4.78, 5) is 26.3. The molecule has 1 fully saturated rings. The van der Waals surface area contributed by atoms with Gasteiger partial charge >= 0.3 is 29.2 Å². The SMILES string of the molecule is COP(=O)(OC)OP(=O)(OC)OP(=O)(OC)OC[C@H]1O[C@@H](n2cc(CCS)c(=O)[nH]c2=O)CC1O. The Labute approximate surface area is 205 Å². The topological polar surface area (TPSA) is 200 Å².